The van der Waals surface area contributed by atoms with Crippen LogP contribution in [0.4, 0.5) is 0 Å². The molecule has 0 spiro atoms. The number of aliphatic imine (C=N–C) groups is 1. The Hall–Kier alpha value is -0.0400. The van der Waals surface area contributed by atoms with Gasteiger partial charge in [0.15, 0.2) is 5.96 Å². The van der Waals surface area contributed by atoms with Crippen LogP contribution in [-0.2, 0) is 4.74 Å². The Labute approximate surface area is 135 Å². The third-order valence-corrected chi connectivity index (χ3v) is 3.59. The summed E-state index contributed by atoms with van der Waals surface area (Å²) in [6, 6.07) is 0.220. The predicted molar refractivity (Wildman–Crippen MR) is 92.2 cm³/mol. The van der Waals surface area contributed by atoms with Gasteiger partial charge in [0, 0.05) is 19.7 Å². The van der Waals surface area contributed by atoms with Gasteiger partial charge < -0.3 is 15.8 Å². The van der Waals surface area contributed by atoms with Crippen molar-refractivity contribution in [3.63, 3.8) is 0 Å². The highest BCUT2D eigenvalue weighted by Gasteiger charge is 2.13. The van der Waals surface area contributed by atoms with E-state index in [-0.39, 0.29) is 30.0 Å². The van der Waals surface area contributed by atoms with Gasteiger partial charge in [0.1, 0.15) is 0 Å². The lowest BCUT2D eigenvalue weighted by atomic mass is 10.0. The largest absolute Gasteiger partial charge is 0.383 e. The molecular formula is C14H30IN3O. The first kappa shape index (κ1) is 19.0. The number of guanidine groups is 1. The van der Waals surface area contributed by atoms with Crippen LogP contribution in [0.1, 0.15) is 51.9 Å². The molecular weight excluding hydrogens is 353 g/mol. The fourth-order valence-corrected chi connectivity index (χ4v) is 2.63. The molecule has 1 unspecified atom stereocenters. The van der Waals surface area contributed by atoms with Crippen LogP contribution < -0.4 is 11.1 Å². The van der Waals surface area contributed by atoms with E-state index in [4.69, 9.17) is 10.5 Å². The summed E-state index contributed by atoms with van der Waals surface area (Å²) in [6.07, 6.45) is 9.59. The third kappa shape index (κ3) is 9.49. The first-order valence-electron chi connectivity index (χ1n) is 7.27. The number of methoxy groups -OCH3 is 1. The van der Waals surface area contributed by atoms with Gasteiger partial charge in [-0.15, -0.1) is 24.0 Å². The van der Waals surface area contributed by atoms with Crippen molar-refractivity contribution in [3.05, 3.63) is 0 Å². The molecule has 1 aliphatic carbocycles. The molecule has 3 N–H and O–H groups in total. The number of unbranched alkanes of at least 4 members (excludes halogenated alkanes) is 1. The Balaban J connectivity index is 0.00000324. The molecule has 0 aromatic heterocycles. The van der Waals surface area contributed by atoms with Crippen molar-refractivity contribution in [2.45, 2.75) is 57.9 Å². The van der Waals surface area contributed by atoms with Gasteiger partial charge in [-0.25, -0.2) is 0 Å². The molecule has 0 aromatic carbocycles. The van der Waals surface area contributed by atoms with E-state index in [0.29, 0.717) is 12.6 Å². The number of hydrogen-bond acceptors (Lipinski definition) is 2. The zero-order valence-electron chi connectivity index (χ0n) is 12.4. The van der Waals surface area contributed by atoms with Crippen LogP contribution >= 0.6 is 24.0 Å². The highest BCUT2D eigenvalue weighted by Crippen LogP contribution is 2.28. The van der Waals surface area contributed by atoms with Crippen LogP contribution in [0.25, 0.3) is 0 Å². The molecule has 1 fully saturated rings. The van der Waals surface area contributed by atoms with Crippen molar-refractivity contribution in [2.24, 2.45) is 16.6 Å². The number of hydrogen-bond donors (Lipinski definition) is 2. The smallest absolute Gasteiger partial charge is 0.188 e. The SMILES string of the molecule is COCC(C)NC(N)=NCCCCC1CCCC1.I. The first-order chi connectivity index (χ1) is 8.72. The number of rotatable bonds is 8. The summed E-state index contributed by atoms with van der Waals surface area (Å²) >= 11 is 0. The minimum absolute atomic E-state index is 0. The van der Waals surface area contributed by atoms with Crippen molar-refractivity contribution < 1.29 is 4.74 Å². The van der Waals surface area contributed by atoms with Crippen LogP contribution in [0.15, 0.2) is 4.99 Å². The van der Waals surface area contributed by atoms with Gasteiger partial charge in [0.05, 0.1) is 6.61 Å². The van der Waals surface area contributed by atoms with Gasteiger partial charge in [-0.2, -0.15) is 0 Å². The van der Waals surface area contributed by atoms with Gasteiger partial charge >= 0.3 is 0 Å². The second-order valence-corrected chi connectivity index (χ2v) is 5.41. The molecule has 0 aromatic rings. The topological polar surface area (TPSA) is 59.6 Å². The Kier molecular flexibility index (Phi) is 11.7. The summed E-state index contributed by atoms with van der Waals surface area (Å²) in [5.74, 6) is 1.53. The molecule has 0 bridgehead atoms. The van der Waals surface area contributed by atoms with E-state index in [1.807, 2.05) is 6.92 Å². The Morgan fingerprint density at radius 1 is 1.37 bits per heavy atom. The molecule has 0 aliphatic heterocycles. The van der Waals surface area contributed by atoms with Gasteiger partial charge in [-0.05, 0) is 19.3 Å². The van der Waals surface area contributed by atoms with E-state index in [1.165, 1.54) is 38.5 Å². The van der Waals surface area contributed by atoms with Crippen LogP contribution in [0.2, 0.25) is 0 Å². The molecule has 1 aliphatic rings. The zero-order valence-corrected chi connectivity index (χ0v) is 14.7. The number of nitrogens with two attached hydrogens (primary N) is 1. The standard InChI is InChI=1S/C14H29N3O.HI/c1-12(11-18-2)17-14(15)16-10-6-5-9-13-7-3-4-8-13;/h12-13H,3-11H2,1-2H3,(H3,15,16,17);1H. The number of nitrogens with one attached hydrogen (secondary N) is 1. The first-order valence-corrected chi connectivity index (χ1v) is 7.27. The van der Waals surface area contributed by atoms with Crippen molar-refractivity contribution >= 4 is 29.9 Å². The van der Waals surface area contributed by atoms with E-state index < -0.39 is 0 Å². The second kappa shape index (κ2) is 11.8. The minimum atomic E-state index is 0. The van der Waals surface area contributed by atoms with E-state index in [2.05, 4.69) is 10.3 Å². The normalized spacial score (nSPS) is 18.1. The number of halogens is 1. The van der Waals surface area contributed by atoms with Crippen molar-refractivity contribution in [2.75, 3.05) is 20.3 Å². The lowest BCUT2D eigenvalue weighted by Gasteiger charge is -2.13. The van der Waals surface area contributed by atoms with Crippen molar-refractivity contribution in [3.8, 4) is 0 Å². The minimum Gasteiger partial charge on any atom is -0.383 e. The average Bonchev–Trinajstić information content (AvgIpc) is 2.81. The summed E-state index contributed by atoms with van der Waals surface area (Å²) in [4.78, 5) is 4.34. The molecule has 0 radical (unpaired) electrons. The molecule has 0 saturated heterocycles. The maximum absolute atomic E-state index is 5.79. The monoisotopic (exact) mass is 383 g/mol. The van der Waals surface area contributed by atoms with Crippen molar-refractivity contribution in [1.82, 2.24) is 5.32 Å². The maximum Gasteiger partial charge on any atom is 0.188 e. The molecule has 0 amide bonds. The fourth-order valence-electron chi connectivity index (χ4n) is 2.63. The Morgan fingerprint density at radius 3 is 2.68 bits per heavy atom. The van der Waals surface area contributed by atoms with E-state index in [1.54, 1.807) is 7.11 Å². The number of nitrogens with zero attached hydrogens (tertiary/aromatic N) is 1. The van der Waals surface area contributed by atoms with Gasteiger partial charge in [-0.3, -0.25) is 4.99 Å². The van der Waals surface area contributed by atoms with Crippen LogP contribution in [0, 0.1) is 5.92 Å². The Morgan fingerprint density at radius 2 is 2.05 bits per heavy atom. The quantitative estimate of drug-likeness (QED) is 0.293. The number of ether oxygens (including phenoxy) is 1. The lowest BCUT2D eigenvalue weighted by Crippen LogP contribution is -2.40. The third-order valence-electron chi connectivity index (χ3n) is 3.59. The molecule has 1 saturated carbocycles. The highest BCUT2D eigenvalue weighted by atomic mass is 127. The predicted octanol–water partition coefficient (Wildman–Crippen LogP) is 2.90. The van der Waals surface area contributed by atoms with Gasteiger partial charge in [0.2, 0.25) is 0 Å². The molecule has 5 heteroatoms. The molecule has 4 nitrogen and oxygen atoms in total. The van der Waals surface area contributed by atoms with Crippen LogP contribution in [0.3, 0.4) is 0 Å². The van der Waals surface area contributed by atoms with E-state index in [9.17, 15) is 0 Å². The highest BCUT2D eigenvalue weighted by molar-refractivity contribution is 14.0. The van der Waals surface area contributed by atoms with Crippen molar-refractivity contribution in [1.29, 1.82) is 0 Å². The summed E-state index contributed by atoms with van der Waals surface area (Å²) in [6.45, 7) is 3.52. The summed E-state index contributed by atoms with van der Waals surface area (Å²) in [5.41, 5.74) is 5.79. The lowest BCUT2D eigenvalue weighted by molar-refractivity contribution is 0.179. The Bertz CT molecular complexity index is 243. The molecule has 114 valence electrons. The summed E-state index contributed by atoms with van der Waals surface area (Å²) in [5, 5.41) is 3.12. The van der Waals surface area contributed by atoms with Crippen LogP contribution in [-0.4, -0.2) is 32.3 Å². The second-order valence-electron chi connectivity index (χ2n) is 5.41. The summed E-state index contributed by atoms with van der Waals surface area (Å²) in [7, 11) is 1.69. The molecule has 0 heterocycles. The van der Waals surface area contributed by atoms with Gasteiger partial charge in [-0.1, -0.05) is 38.5 Å². The van der Waals surface area contributed by atoms with E-state index in [0.717, 1.165) is 18.9 Å². The van der Waals surface area contributed by atoms with Crippen LogP contribution in [0.5, 0.6) is 0 Å². The summed E-state index contributed by atoms with van der Waals surface area (Å²) < 4.78 is 5.03. The molecule has 19 heavy (non-hydrogen) atoms. The van der Waals surface area contributed by atoms with E-state index >= 15 is 0 Å². The molecule has 1 rings (SSSR count). The fraction of sp³-hybridized carbons (Fsp3) is 0.929. The van der Waals surface area contributed by atoms with Gasteiger partial charge in [0.25, 0.3) is 0 Å². The maximum atomic E-state index is 5.79. The molecule has 1 atom stereocenters. The zero-order chi connectivity index (χ0) is 13.2. The average molecular weight is 383 g/mol.